The highest BCUT2D eigenvalue weighted by atomic mass is 15.1. The average molecular weight is 243 g/mol. The number of rotatable bonds is 5. The molecular formula is C15H21N3. The van der Waals surface area contributed by atoms with Gasteiger partial charge in [-0.25, -0.2) is 4.98 Å². The molecule has 18 heavy (non-hydrogen) atoms. The lowest BCUT2D eigenvalue weighted by Gasteiger charge is -2.11. The van der Waals surface area contributed by atoms with Crippen molar-refractivity contribution in [3.05, 3.63) is 48.0 Å². The maximum Gasteiger partial charge on any atom is 0.113 e. The van der Waals surface area contributed by atoms with Crippen LogP contribution in [0.3, 0.4) is 0 Å². The van der Waals surface area contributed by atoms with Gasteiger partial charge in [-0.2, -0.15) is 0 Å². The van der Waals surface area contributed by atoms with E-state index in [-0.39, 0.29) is 6.04 Å². The van der Waals surface area contributed by atoms with E-state index in [4.69, 9.17) is 5.73 Å². The van der Waals surface area contributed by atoms with Crippen molar-refractivity contribution >= 4 is 0 Å². The van der Waals surface area contributed by atoms with Gasteiger partial charge in [0.2, 0.25) is 0 Å². The van der Waals surface area contributed by atoms with Crippen LogP contribution in [0.25, 0.3) is 5.69 Å². The molecule has 0 fully saturated rings. The molecule has 1 aromatic carbocycles. The zero-order chi connectivity index (χ0) is 13.0. The zero-order valence-electron chi connectivity index (χ0n) is 11.1. The molecule has 1 heterocycles. The number of nitrogens with two attached hydrogens (primary N) is 1. The average Bonchev–Trinajstić information content (AvgIpc) is 2.87. The quantitative estimate of drug-likeness (QED) is 0.876. The number of aromatic nitrogens is 2. The van der Waals surface area contributed by atoms with Crippen LogP contribution < -0.4 is 5.73 Å². The van der Waals surface area contributed by atoms with Gasteiger partial charge in [0.1, 0.15) is 5.82 Å². The first-order chi connectivity index (χ1) is 8.76. The fraction of sp³-hybridized carbons (Fsp3) is 0.400. The van der Waals surface area contributed by atoms with Crippen LogP contribution in [0.5, 0.6) is 0 Å². The van der Waals surface area contributed by atoms with Gasteiger partial charge in [-0.1, -0.05) is 26.0 Å². The molecule has 3 nitrogen and oxygen atoms in total. The summed E-state index contributed by atoms with van der Waals surface area (Å²) in [6.45, 7) is 4.27. The molecule has 0 saturated carbocycles. The van der Waals surface area contributed by atoms with Crippen LogP contribution in [0, 0.1) is 0 Å². The van der Waals surface area contributed by atoms with E-state index in [0.717, 1.165) is 30.8 Å². The third-order valence-electron chi connectivity index (χ3n) is 3.23. The molecule has 1 aromatic heterocycles. The highest BCUT2D eigenvalue weighted by Crippen LogP contribution is 2.17. The van der Waals surface area contributed by atoms with E-state index in [1.54, 1.807) is 0 Å². The summed E-state index contributed by atoms with van der Waals surface area (Å²) in [5.41, 5.74) is 8.37. The van der Waals surface area contributed by atoms with Gasteiger partial charge < -0.3 is 10.3 Å². The molecule has 1 unspecified atom stereocenters. The summed E-state index contributed by atoms with van der Waals surface area (Å²) in [5, 5.41) is 0. The summed E-state index contributed by atoms with van der Waals surface area (Å²) in [6.07, 6.45) is 6.95. The van der Waals surface area contributed by atoms with Crippen molar-refractivity contribution in [2.24, 2.45) is 5.73 Å². The lowest BCUT2D eigenvalue weighted by Crippen LogP contribution is -2.08. The van der Waals surface area contributed by atoms with Crippen molar-refractivity contribution in [3.63, 3.8) is 0 Å². The lowest BCUT2D eigenvalue weighted by atomic mass is 10.1. The van der Waals surface area contributed by atoms with E-state index in [9.17, 15) is 0 Å². The molecule has 0 aliphatic rings. The van der Waals surface area contributed by atoms with E-state index in [0.29, 0.717) is 0 Å². The standard InChI is InChI=1S/C15H21N3/c1-3-5-15-17-10-11-18(15)13-8-6-12(7-9-13)14(16)4-2/h6-11,14H,3-5,16H2,1-2H3. The number of hydrogen-bond donors (Lipinski definition) is 1. The van der Waals surface area contributed by atoms with Gasteiger partial charge >= 0.3 is 0 Å². The number of hydrogen-bond acceptors (Lipinski definition) is 2. The van der Waals surface area contributed by atoms with Gasteiger partial charge in [-0.3, -0.25) is 0 Å². The van der Waals surface area contributed by atoms with E-state index in [2.05, 4.69) is 47.7 Å². The SMILES string of the molecule is CCCc1nccn1-c1ccc(C(N)CC)cc1. The maximum atomic E-state index is 6.02. The molecule has 3 heteroatoms. The van der Waals surface area contributed by atoms with Crippen LogP contribution in [-0.4, -0.2) is 9.55 Å². The molecule has 0 spiro atoms. The van der Waals surface area contributed by atoms with E-state index in [1.807, 2.05) is 12.4 Å². The molecule has 2 rings (SSSR count). The second kappa shape index (κ2) is 5.83. The molecule has 0 aliphatic heterocycles. The lowest BCUT2D eigenvalue weighted by molar-refractivity contribution is 0.698. The first-order valence-corrected chi connectivity index (χ1v) is 6.64. The normalized spacial score (nSPS) is 12.6. The largest absolute Gasteiger partial charge is 0.324 e. The highest BCUT2D eigenvalue weighted by molar-refractivity contribution is 5.36. The van der Waals surface area contributed by atoms with Gasteiger partial charge in [0.05, 0.1) is 0 Å². The van der Waals surface area contributed by atoms with E-state index < -0.39 is 0 Å². The first kappa shape index (κ1) is 12.8. The minimum Gasteiger partial charge on any atom is -0.324 e. The molecular weight excluding hydrogens is 222 g/mol. The smallest absolute Gasteiger partial charge is 0.113 e. The monoisotopic (exact) mass is 243 g/mol. The Hall–Kier alpha value is -1.61. The molecule has 2 N–H and O–H groups in total. The summed E-state index contributed by atoms with van der Waals surface area (Å²) < 4.78 is 2.14. The van der Waals surface area contributed by atoms with Crippen molar-refractivity contribution in [1.82, 2.24) is 9.55 Å². The fourth-order valence-corrected chi connectivity index (χ4v) is 2.10. The summed E-state index contributed by atoms with van der Waals surface area (Å²) in [7, 11) is 0. The van der Waals surface area contributed by atoms with Crippen LogP contribution in [0.4, 0.5) is 0 Å². The Morgan fingerprint density at radius 3 is 2.56 bits per heavy atom. The van der Waals surface area contributed by atoms with Crippen molar-refractivity contribution in [2.45, 2.75) is 39.2 Å². The van der Waals surface area contributed by atoms with Gasteiger partial charge in [0.25, 0.3) is 0 Å². The number of nitrogens with zero attached hydrogens (tertiary/aromatic N) is 2. The maximum absolute atomic E-state index is 6.02. The molecule has 0 saturated heterocycles. The van der Waals surface area contributed by atoms with Crippen LogP contribution in [-0.2, 0) is 6.42 Å². The summed E-state index contributed by atoms with van der Waals surface area (Å²) in [6, 6.07) is 8.59. The molecule has 0 radical (unpaired) electrons. The number of imidazole rings is 1. The highest BCUT2D eigenvalue weighted by Gasteiger charge is 2.06. The van der Waals surface area contributed by atoms with Gasteiger partial charge in [0, 0.05) is 30.5 Å². The van der Waals surface area contributed by atoms with Crippen LogP contribution in [0.2, 0.25) is 0 Å². The minimum absolute atomic E-state index is 0.136. The van der Waals surface area contributed by atoms with E-state index >= 15 is 0 Å². The summed E-state index contributed by atoms with van der Waals surface area (Å²) in [4.78, 5) is 4.39. The minimum atomic E-state index is 0.136. The second-order valence-electron chi connectivity index (χ2n) is 4.57. The van der Waals surface area contributed by atoms with Crippen molar-refractivity contribution in [3.8, 4) is 5.69 Å². The predicted octanol–water partition coefficient (Wildman–Crippen LogP) is 3.23. The van der Waals surface area contributed by atoms with Crippen LogP contribution in [0.15, 0.2) is 36.7 Å². The Bertz CT molecular complexity index is 485. The zero-order valence-corrected chi connectivity index (χ0v) is 11.1. The Labute approximate surface area is 109 Å². The van der Waals surface area contributed by atoms with E-state index in [1.165, 1.54) is 5.56 Å². The van der Waals surface area contributed by atoms with Gasteiger partial charge in [-0.15, -0.1) is 0 Å². The van der Waals surface area contributed by atoms with Crippen LogP contribution >= 0.6 is 0 Å². The molecule has 1 atom stereocenters. The molecule has 0 amide bonds. The van der Waals surface area contributed by atoms with Crippen molar-refractivity contribution in [2.75, 3.05) is 0 Å². The third kappa shape index (κ3) is 2.62. The topological polar surface area (TPSA) is 43.8 Å². The molecule has 2 aromatic rings. The molecule has 0 aliphatic carbocycles. The number of benzene rings is 1. The number of aryl methyl sites for hydroxylation is 1. The Morgan fingerprint density at radius 1 is 1.22 bits per heavy atom. The summed E-state index contributed by atoms with van der Waals surface area (Å²) >= 11 is 0. The first-order valence-electron chi connectivity index (χ1n) is 6.64. The predicted molar refractivity (Wildman–Crippen MR) is 74.8 cm³/mol. The Balaban J connectivity index is 2.26. The summed E-state index contributed by atoms with van der Waals surface area (Å²) in [5.74, 6) is 1.12. The van der Waals surface area contributed by atoms with Gasteiger partial charge in [-0.05, 0) is 30.5 Å². The second-order valence-corrected chi connectivity index (χ2v) is 4.57. The molecule has 96 valence electrons. The van der Waals surface area contributed by atoms with Crippen molar-refractivity contribution in [1.29, 1.82) is 0 Å². The fourth-order valence-electron chi connectivity index (χ4n) is 2.10. The van der Waals surface area contributed by atoms with Crippen LogP contribution in [0.1, 0.15) is 44.1 Å². The third-order valence-corrected chi connectivity index (χ3v) is 3.23. The molecule has 0 bridgehead atoms. The Morgan fingerprint density at radius 2 is 1.94 bits per heavy atom. The van der Waals surface area contributed by atoms with Gasteiger partial charge in [0.15, 0.2) is 0 Å². The van der Waals surface area contributed by atoms with Crippen molar-refractivity contribution < 1.29 is 0 Å². The Kier molecular flexibility index (Phi) is 4.15.